The van der Waals surface area contributed by atoms with Gasteiger partial charge < -0.3 is 10.2 Å². The normalized spacial score (nSPS) is 16.0. The Bertz CT molecular complexity index is 481. The van der Waals surface area contributed by atoms with Crippen LogP contribution in [-0.4, -0.2) is 25.5 Å². The summed E-state index contributed by atoms with van der Waals surface area (Å²) in [6, 6.07) is 6.28. The summed E-state index contributed by atoms with van der Waals surface area (Å²) < 4.78 is 13.8. The van der Waals surface area contributed by atoms with Crippen molar-refractivity contribution >= 4 is 11.6 Å². The molecule has 1 aliphatic heterocycles. The minimum atomic E-state index is -0.418. The van der Waals surface area contributed by atoms with Gasteiger partial charge in [-0.1, -0.05) is 0 Å². The Labute approximate surface area is 98.6 Å². The predicted octanol–water partition coefficient (Wildman–Crippen LogP) is 1.02. The Morgan fingerprint density at radius 3 is 2.94 bits per heavy atom. The van der Waals surface area contributed by atoms with E-state index in [2.05, 4.69) is 5.32 Å². The Morgan fingerprint density at radius 1 is 1.41 bits per heavy atom. The lowest BCUT2D eigenvalue weighted by molar-refractivity contribution is -0.120. The molecular formula is C12H12FN3O. The molecule has 1 aliphatic rings. The van der Waals surface area contributed by atoms with Crippen LogP contribution in [0.15, 0.2) is 18.2 Å². The van der Waals surface area contributed by atoms with Crippen LogP contribution in [0.5, 0.6) is 0 Å². The van der Waals surface area contributed by atoms with Crippen LogP contribution in [0.1, 0.15) is 12.0 Å². The van der Waals surface area contributed by atoms with Crippen molar-refractivity contribution in [2.24, 2.45) is 0 Å². The number of hydrogen-bond acceptors (Lipinski definition) is 3. The number of carbonyl (C=O) groups is 1. The average molecular weight is 233 g/mol. The van der Waals surface area contributed by atoms with E-state index in [1.54, 1.807) is 12.1 Å². The highest BCUT2D eigenvalue weighted by atomic mass is 19.1. The number of hydrogen-bond donors (Lipinski definition) is 1. The largest absolute Gasteiger partial charge is 0.367 e. The van der Waals surface area contributed by atoms with Crippen molar-refractivity contribution in [2.75, 3.05) is 24.5 Å². The third kappa shape index (κ3) is 2.53. The first kappa shape index (κ1) is 11.4. The van der Waals surface area contributed by atoms with E-state index >= 15 is 0 Å². The molecule has 0 aromatic heterocycles. The highest BCUT2D eigenvalue weighted by Crippen LogP contribution is 2.21. The zero-order valence-electron chi connectivity index (χ0n) is 9.24. The molecule has 1 aromatic carbocycles. The fourth-order valence-corrected chi connectivity index (χ4v) is 1.84. The SMILES string of the molecule is N#Cc1ccc(N2CCNC(=O)CC2)c(F)c1. The van der Waals surface area contributed by atoms with Gasteiger partial charge in [-0.05, 0) is 18.2 Å². The number of nitriles is 1. The van der Waals surface area contributed by atoms with Crippen molar-refractivity contribution in [3.05, 3.63) is 29.6 Å². The molecule has 0 saturated carbocycles. The molecule has 0 atom stereocenters. The van der Waals surface area contributed by atoms with Crippen molar-refractivity contribution in [2.45, 2.75) is 6.42 Å². The number of nitrogens with one attached hydrogen (secondary N) is 1. The Balaban J connectivity index is 2.22. The van der Waals surface area contributed by atoms with E-state index < -0.39 is 5.82 Å². The summed E-state index contributed by atoms with van der Waals surface area (Å²) in [6.07, 6.45) is 0.361. The molecule has 0 aliphatic carbocycles. The molecule has 0 bridgehead atoms. The van der Waals surface area contributed by atoms with E-state index in [0.29, 0.717) is 37.3 Å². The zero-order chi connectivity index (χ0) is 12.3. The van der Waals surface area contributed by atoms with Gasteiger partial charge in [-0.2, -0.15) is 5.26 Å². The standard InChI is InChI=1S/C12H12FN3O/c13-10-7-9(8-14)1-2-11(10)16-5-3-12(17)15-4-6-16/h1-2,7H,3-6H2,(H,15,17). The summed E-state index contributed by atoms with van der Waals surface area (Å²) in [6.45, 7) is 1.58. The van der Waals surface area contributed by atoms with Crippen molar-refractivity contribution < 1.29 is 9.18 Å². The van der Waals surface area contributed by atoms with Gasteiger partial charge in [0.05, 0.1) is 17.3 Å². The van der Waals surface area contributed by atoms with E-state index in [-0.39, 0.29) is 5.91 Å². The van der Waals surface area contributed by atoms with Gasteiger partial charge >= 0.3 is 0 Å². The van der Waals surface area contributed by atoms with Crippen LogP contribution in [0, 0.1) is 17.1 Å². The Hall–Kier alpha value is -2.09. The quantitative estimate of drug-likeness (QED) is 0.788. The van der Waals surface area contributed by atoms with E-state index in [1.165, 1.54) is 6.07 Å². The molecule has 1 amide bonds. The summed E-state index contributed by atoms with van der Waals surface area (Å²) in [5.41, 5.74) is 0.746. The number of nitrogens with zero attached hydrogens (tertiary/aromatic N) is 2. The summed E-state index contributed by atoms with van der Waals surface area (Å²) in [5, 5.41) is 11.4. The molecule has 0 radical (unpaired) electrons. The molecule has 1 N–H and O–H groups in total. The molecule has 1 fully saturated rings. The second kappa shape index (κ2) is 4.83. The lowest BCUT2D eigenvalue weighted by Gasteiger charge is -2.22. The van der Waals surface area contributed by atoms with Crippen molar-refractivity contribution in [3.63, 3.8) is 0 Å². The van der Waals surface area contributed by atoms with Crippen molar-refractivity contribution in [1.82, 2.24) is 5.32 Å². The summed E-state index contributed by atoms with van der Waals surface area (Å²) in [4.78, 5) is 13.0. The van der Waals surface area contributed by atoms with E-state index in [1.807, 2.05) is 11.0 Å². The summed E-state index contributed by atoms with van der Waals surface area (Å²) in [7, 11) is 0. The zero-order valence-corrected chi connectivity index (χ0v) is 9.24. The lowest BCUT2D eigenvalue weighted by Crippen LogP contribution is -2.29. The first-order chi connectivity index (χ1) is 8.20. The number of amides is 1. The van der Waals surface area contributed by atoms with Crippen molar-refractivity contribution in [1.29, 1.82) is 5.26 Å². The van der Waals surface area contributed by atoms with Gasteiger partial charge in [0.25, 0.3) is 0 Å². The number of rotatable bonds is 1. The highest BCUT2D eigenvalue weighted by Gasteiger charge is 2.16. The molecule has 4 nitrogen and oxygen atoms in total. The maximum atomic E-state index is 13.8. The molecule has 0 unspecified atom stereocenters. The maximum Gasteiger partial charge on any atom is 0.221 e. The van der Waals surface area contributed by atoms with Gasteiger partial charge in [0.1, 0.15) is 5.82 Å². The van der Waals surface area contributed by atoms with E-state index in [0.717, 1.165) is 0 Å². The van der Waals surface area contributed by atoms with Crippen LogP contribution in [0.2, 0.25) is 0 Å². The van der Waals surface area contributed by atoms with Crippen LogP contribution in [0.4, 0.5) is 10.1 Å². The molecule has 17 heavy (non-hydrogen) atoms. The minimum absolute atomic E-state index is 0.0125. The molecule has 2 rings (SSSR count). The molecule has 0 spiro atoms. The fraction of sp³-hybridized carbons (Fsp3) is 0.333. The third-order valence-electron chi connectivity index (χ3n) is 2.73. The molecule has 1 heterocycles. The van der Waals surface area contributed by atoms with E-state index in [9.17, 15) is 9.18 Å². The van der Waals surface area contributed by atoms with Crippen LogP contribution in [0.25, 0.3) is 0 Å². The summed E-state index contributed by atoms with van der Waals surface area (Å²) in [5.74, 6) is -0.431. The smallest absolute Gasteiger partial charge is 0.221 e. The highest BCUT2D eigenvalue weighted by molar-refractivity contribution is 5.77. The van der Waals surface area contributed by atoms with Crippen LogP contribution in [-0.2, 0) is 4.79 Å². The van der Waals surface area contributed by atoms with Gasteiger partial charge in [0.15, 0.2) is 0 Å². The molecule has 5 heteroatoms. The first-order valence-electron chi connectivity index (χ1n) is 5.42. The lowest BCUT2D eigenvalue weighted by atomic mass is 10.2. The van der Waals surface area contributed by atoms with Crippen molar-refractivity contribution in [3.8, 4) is 6.07 Å². The van der Waals surface area contributed by atoms with Gasteiger partial charge in [-0.15, -0.1) is 0 Å². The van der Waals surface area contributed by atoms with Gasteiger partial charge in [-0.25, -0.2) is 4.39 Å². The van der Waals surface area contributed by atoms with E-state index in [4.69, 9.17) is 5.26 Å². The van der Waals surface area contributed by atoms with Crippen LogP contribution < -0.4 is 10.2 Å². The maximum absolute atomic E-state index is 13.8. The molecule has 88 valence electrons. The second-order valence-electron chi connectivity index (χ2n) is 3.86. The molecule has 1 aromatic rings. The van der Waals surface area contributed by atoms with Gasteiger partial charge in [0, 0.05) is 26.1 Å². The number of carbonyl (C=O) groups excluding carboxylic acids is 1. The van der Waals surface area contributed by atoms with Crippen LogP contribution in [0.3, 0.4) is 0 Å². The topological polar surface area (TPSA) is 56.1 Å². The molecule has 1 saturated heterocycles. The van der Waals surface area contributed by atoms with Gasteiger partial charge in [-0.3, -0.25) is 4.79 Å². The van der Waals surface area contributed by atoms with Crippen LogP contribution >= 0.6 is 0 Å². The summed E-state index contributed by atoms with van der Waals surface area (Å²) >= 11 is 0. The second-order valence-corrected chi connectivity index (χ2v) is 3.86. The average Bonchev–Trinajstić information content (AvgIpc) is 2.54. The Morgan fingerprint density at radius 2 is 2.24 bits per heavy atom. The first-order valence-corrected chi connectivity index (χ1v) is 5.42. The molecular weight excluding hydrogens is 221 g/mol. The predicted molar refractivity (Wildman–Crippen MR) is 61.0 cm³/mol. The number of halogens is 1. The third-order valence-corrected chi connectivity index (χ3v) is 2.73. The number of anilines is 1. The van der Waals surface area contributed by atoms with Gasteiger partial charge in [0.2, 0.25) is 5.91 Å². The number of benzene rings is 1. The fourth-order valence-electron chi connectivity index (χ4n) is 1.84. The Kier molecular flexibility index (Phi) is 3.24. The monoisotopic (exact) mass is 233 g/mol. The minimum Gasteiger partial charge on any atom is -0.367 e.